The van der Waals surface area contributed by atoms with E-state index in [0.29, 0.717) is 12.6 Å². The van der Waals surface area contributed by atoms with Gasteiger partial charge >= 0.3 is 0 Å². The van der Waals surface area contributed by atoms with Crippen molar-refractivity contribution < 1.29 is 9.47 Å². The summed E-state index contributed by atoms with van der Waals surface area (Å²) in [5.74, 6) is 0.779. The third-order valence-electron chi connectivity index (χ3n) is 5.04. The van der Waals surface area contributed by atoms with Crippen molar-refractivity contribution in [1.82, 2.24) is 24.5 Å². The van der Waals surface area contributed by atoms with Gasteiger partial charge in [-0.25, -0.2) is 4.68 Å². The number of aryl methyl sites for hydroxylation is 1. The lowest BCUT2D eigenvalue weighted by molar-refractivity contribution is 0.0503. The zero-order valence-electron chi connectivity index (χ0n) is 16.6. The van der Waals surface area contributed by atoms with Crippen LogP contribution in [0.2, 0.25) is 0 Å². The number of halogens is 1. The molecule has 30 heavy (non-hydrogen) atoms. The second-order valence-electron chi connectivity index (χ2n) is 7.72. The Balaban J connectivity index is 1.24. The Labute approximate surface area is 187 Å². The van der Waals surface area contributed by atoms with E-state index < -0.39 is 5.60 Å². The predicted octanol–water partition coefficient (Wildman–Crippen LogP) is 4.27. The summed E-state index contributed by atoms with van der Waals surface area (Å²) in [6.07, 6.45) is 3.91. The summed E-state index contributed by atoms with van der Waals surface area (Å²) in [4.78, 5) is 4.37. The minimum atomic E-state index is -0.430. The molecule has 7 nitrogen and oxygen atoms in total. The van der Waals surface area contributed by atoms with Gasteiger partial charge < -0.3 is 9.47 Å². The number of ether oxygens (including phenoxy) is 2. The monoisotopic (exact) mass is 513 g/mol. The molecule has 0 saturated carbocycles. The van der Waals surface area contributed by atoms with Crippen molar-refractivity contribution in [3.63, 3.8) is 0 Å². The maximum atomic E-state index is 5.99. The maximum absolute atomic E-state index is 5.99. The topological polar surface area (TPSA) is 67.0 Å². The molecule has 4 aromatic rings. The number of hydrogen-bond donors (Lipinski definition) is 0. The van der Waals surface area contributed by atoms with Crippen LogP contribution in [0.25, 0.3) is 16.9 Å². The van der Waals surface area contributed by atoms with E-state index >= 15 is 0 Å². The molecule has 0 N–H and O–H groups in total. The molecule has 1 aliphatic rings. The molecule has 0 bridgehead atoms. The summed E-state index contributed by atoms with van der Waals surface area (Å²) >= 11 is 2.18. The fraction of sp³-hybridized carbons (Fsp3) is 0.227. The summed E-state index contributed by atoms with van der Waals surface area (Å²) in [6, 6.07) is 16.7. The molecule has 0 spiro atoms. The van der Waals surface area contributed by atoms with Crippen LogP contribution in [-0.4, -0.2) is 36.8 Å². The lowest BCUT2D eigenvalue weighted by atomic mass is 10.1. The molecule has 3 heterocycles. The van der Waals surface area contributed by atoms with E-state index in [1.54, 1.807) is 4.68 Å². The number of nitrogens with zero attached hydrogens (tertiary/aromatic N) is 5. The highest BCUT2D eigenvalue weighted by Crippen LogP contribution is 2.30. The minimum absolute atomic E-state index is 0.430. The van der Waals surface area contributed by atoms with E-state index in [0.717, 1.165) is 32.9 Å². The molecule has 152 valence electrons. The Bertz CT molecular complexity index is 1160. The van der Waals surface area contributed by atoms with E-state index in [1.165, 1.54) is 5.56 Å². The number of fused-ring (bicyclic) bond motifs is 1. The molecule has 0 saturated heterocycles. The smallest absolute Gasteiger partial charge is 0.298 e. The first-order valence-electron chi connectivity index (χ1n) is 9.62. The fourth-order valence-electron chi connectivity index (χ4n) is 3.43. The van der Waals surface area contributed by atoms with Gasteiger partial charge in [0.05, 0.1) is 18.4 Å². The summed E-state index contributed by atoms with van der Waals surface area (Å²) in [5.41, 5.74) is 3.60. The lowest BCUT2D eigenvalue weighted by Crippen LogP contribution is -2.38. The average Bonchev–Trinajstić information content (AvgIpc) is 3.41. The molecular weight excluding hydrogens is 493 g/mol. The molecule has 0 fully saturated rings. The average molecular weight is 513 g/mol. The Morgan fingerprint density at radius 1 is 1.10 bits per heavy atom. The van der Waals surface area contributed by atoms with Gasteiger partial charge in [-0.15, -0.1) is 5.10 Å². The normalized spacial score (nSPS) is 17.6. The largest absolute Gasteiger partial charge is 0.489 e. The molecule has 0 amide bonds. The standard InChI is InChI=1S/C22H20IN5O2/c1-15-3-5-16(6-4-15)19-11-28(26-25-19)17-7-9-18(10-8-17)29-14-22(2)13-27-12-20(23)24-21(27)30-22/h3-12H,13-14H2,1-2H3/t22-/m1/s1. The molecule has 0 radical (unpaired) electrons. The Morgan fingerprint density at radius 2 is 1.87 bits per heavy atom. The molecule has 0 unspecified atom stereocenters. The van der Waals surface area contributed by atoms with Crippen LogP contribution in [0.5, 0.6) is 11.8 Å². The van der Waals surface area contributed by atoms with Crippen molar-refractivity contribution in [2.45, 2.75) is 26.0 Å². The summed E-state index contributed by atoms with van der Waals surface area (Å²) < 4.78 is 16.7. The maximum Gasteiger partial charge on any atom is 0.298 e. The highest BCUT2D eigenvalue weighted by Gasteiger charge is 2.37. The van der Waals surface area contributed by atoms with Crippen LogP contribution in [0, 0.1) is 10.6 Å². The van der Waals surface area contributed by atoms with Crippen LogP contribution < -0.4 is 9.47 Å². The Kier molecular flexibility index (Phi) is 4.73. The quantitative estimate of drug-likeness (QED) is 0.373. The molecule has 2 aromatic carbocycles. The van der Waals surface area contributed by atoms with Crippen molar-refractivity contribution in [1.29, 1.82) is 0 Å². The van der Waals surface area contributed by atoms with Gasteiger partial charge in [-0.05, 0) is 60.7 Å². The third kappa shape index (κ3) is 3.79. The van der Waals surface area contributed by atoms with E-state index in [2.05, 4.69) is 69.1 Å². The summed E-state index contributed by atoms with van der Waals surface area (Å²) in [6.45, 7) is 5.26. The van der Waals surface area contributed by atoms with Crippen LogP contribution in [0.15, 0.2) is 60.9 Å². The highest BCUT2D eigenvalue weighted by atomic mass is 127. The van der Waals surface area contributed by atoms with Gasteiger partial charge in [-0.3, -0.25) is 4.57 Å². The predicted molar refractivity (Wildman–Crippen MR) is 121 cm³/mol. The Morgan fingerprint density at radius 3 is 2.60 bits per heavy atom. The molecule has 1 aliphatic heterocycles. The van der Waals surface area contributed by atoms with Gasteiger partial charge in [0, 0.05) is 11.8 Å². The van der Waals surface area contributed by atoms with Gasteiger partial charge in [0.1, 0.15) is 21.8 Å². The van der Waals surface area contributed by atoms with Gasteiger partial charge in [0.25, 0.3) is 6.01 Å². The highest BCUT2D eigenvalue weighted by molar-refractivity contribution is 14.1. The molecule has 1 atom stereocenters. The summed E-state index contributed by atoms with van der Waals surface area (Å²) in [5, 5.41) is 8.54. The van der Waals surface area contributed by atoms with Crippen LogP contribution in [0.1, 0.15) is 12.5 Å². The molecular formula is C22H20IN5O2. The van der Waals surface area contributed by atoms with E-state index in [9.17, 15) is 0 Å². The second kappa shape index (κ2) is 7.42. The first-order valence-corrected chi connectivity index (χ1v) is 10.7. The van der Waals surface area contributed by atoms with Crippen LogP contribution >= 0.6 is 22.6 Å². The number of imidazole rings is 1. The number of aromatic nitrogens is 5. The molecule has 2 aromatic heterocycles. The minimum Gasteiger partial charge on any atom is -0.489 e. The SMILES string of the molecule is Cc1ccc(-c2cn(-c3ccc(OC[C@@]4(C)Cn5cc(I)nc5O4)cc3)nn2)cc1. The molecule has 8 heteroatoms. The van der Waals surface area contributed by atoms with Gasteiger partial charge in [0.15, 0.2) is 5.60 Å². The fourth-order valence-corrected chi connectivity index (χ4v) is 3.97. The summed E-state index contributed by atoms with van der Waals surface area (Å²) in [7, 11) is 0. The van der Waals surface area contributed by atoms with Gasteiger partial charge in [-0.1, -0.05) is 35.0 Å². The van der Waals surface area contributed by atoms with E-state index in [4.69, 9.17) is 9.47 Å². The first kappa shape index (κ1) is 19.1. The van der Waals surface area contributed by atoms with Crippen molar-refractivity contribution in [2.24, 2.45) is 0 Å². The Hall–Kier alpha value is -2.88. The van der Waals surface area contributed by atoms with Crippen molar-refractivity contribution in [3.05, 3.63) is 70.2 Å². The van der Waals surface area contributed by atoms with Crippen molar-refractivity contribution in [2.75, 3.05) is 6.61 Å². The molecule has 5 rings (SSSR count). The third-order valence-corrected chi connectivity index (χ3v) is 5.56. The molecule has 0 aliphatic carbocycles. The number of rotatable bonds is 5. The van der Waals surface area contributed by atoms with Gasteiger partial charge in [-0.2, -0.15) is 4.98 Å². The van der Waals surface area contributed by atoms with Crippen LogP contribution in [0.3, 0.4) is 0 Å². The number of benzene rings is 2. The van der Waals surface area contributed by atoms with Crippen molar-refractivity contribution in [3.8, 4) is 28.7 Å². The van der Waals surface area contributed by atoms with Crippen molar-refractivity contribution >= 4 is 22.6 Å². The zero-order chi connectivity index (χ0) is 20.7. The van der Waals surface area contributed by atoms with Gasteiger partial charge in [0.2, 0.25) is 0 Å². The van der Waals surface area contributed by atoms with E-state index in [-0.39, 0.29) is 0 Å². The van der Waals surface area contributed by atoms with Crippen LogP contribution in [0.4, 0.5) is 0 Å². The zero-order valence-corrected chi connectivity index (χ0v) is 18.8. The van der Waals surface area contributed by atoms with E-state index in [1.807, 2.05) is 48.1 Å². The van der Waals surface area contributed by atoms with Crippen LogP contribution in [-0.2, 0) is 6.54 Å². The first-order chi connectivity index (χ1) is 14.5. The number of hydrogen-bond acceptors (Lipinski definition) is 5. The second-order valence-corrected chi connectivity index (χ2v) is 8.83. The lowest BCUT2D eigenvalue weighted by Gasteiger charge is -2.22.